The molecule has 2 aliphatic rings. The number of fused-ring (bicyclic) bond motifs is 1. The van der Waals surface area contributed by atoms with Gasteiger partial charge < -0.3 is 5.32 Å². The minimum Gasteiger partial charge on any atom is -0.314 e. The number of rotatable bonds is 2. The zero-order valence-electron chi connectivity index (χ0n) is 8.89. The Balaban J connectivity index is 1.94. The fourth-order valence-electron chi connectivity index (χ4n) is 3.45. The molecular weight excluding hydrogens is 158 g/mol. The molecule has 0 aromatic rings. The van der Waals surface area contributed by atoms with Gasteiger partial charge in [-0.1, -0.05) is 39.0 Å². The smallest absolute Gasteiger partial charge is 0.00978 e. The molecule has 1 N–H and O–H groups in total. The summed E-state index contributed by atoms with van der Waals surface area (Å²) in [5.41, 5.74) is 0. The predicted molar refractivity (Wildman–Crippen MR) is 56.8 cm³/mol. The van der Waals surface area contributed by atoms with E-state index in [1.165, 1.54) is 44.9 Å². The van der Waals surface area contributed by atoms with Crippen LogP contribution < -0.4 is 5.32 Å². The van der Waals surface area contributed by atoms with E-state index in [4.69, 9.17) is 0 Å². The molecule has 2 fully saturated rings. The SMILES string of the molecule is CCNC1CCCC2CCCCC21. The molecular formula is C12H23N. The minimum absolute atomic E-state index is 0.865. The van der Waals surface area contributed by atoms with Crippen LogP contribution in [0.4, 0.5) is 0 Å². The van der Waals surface area contributed by atoms with Gasteiger partial charge in [-0.2, -0.15) is 0 Å². The standard InChI is InChI=1S/C12H23N/c1-2-13-12-9-5-7-10-6-3-4-8-11(10)12/h10-13H,2-9H2,1H3. The monoisotopic (exact) mass is 181 g/mol. The molecule has 0 saturated heterocycles. The first kappa shape index (κ1) is 9.51. The van der Waals surface area contributed by atoms with Gasteiger partial charge >= 0.3 is 0 Å². The van der Waals surface area contributed by atoms with Crippen LogP contribution >= 0.6 is 0 Å². The quantitative estimate of drug-likeness (QED) is 0.690. The second kappa shape index (κ2) is 4.45. The predicted octanol–water partition coefficient (Wildman–Crippen LogP) is 2.95. The molecule has 1 heteroatoms. The normalized spacial score (nSPS) is 39.9. The van der Waals surface area contributed by atoms with Gasteiger partial charge in [0.2, 0.25) is 0 Å². The lowest BCUT2D eigenvalue weighted by Gasteiger charge is -2.41. The number of hydrogen-bond donors (Lipinski definition) is 1. The Morgan fingerprint density at radius 2 is 1.77 bits per heavy atom. The molecule has 2 rings (SSSR count). The summed E-state index contributed by atoms with van der Waals surface area (Å²) in [4.78, 5) is 0. The molecule has 3 atom stereocenters. The molecule has 2 aliphatic carbocycles. The van der Waals surface area contributed by atoms with Crippen molar-refractivity contribution >= 4 is 0 Å². The second-order valence-electron chi connectivity index (χ2n) is 4.80. The zero-order valence-corrected chi connectivity index (χ0v) is 8.89. The second-order valence-corrected chi connectivity index (χ2v) is 4.80. The van der Waals surface area contributed by atoms with E-state index in [2.05, 4.69) is 12.2 Å². The summed E-state index contributed by atoms with van der Waals surface area (Å²) < 4.78 is 0. The van der Waals surface area contributed by atoms with Gasteiger partial charge in [0.1, 0.15) is 0 Å². The van der Waals surface area contributed by atoms with Gasteiger partial charge in [0.05, 0.1) is 0 Å². The maximum Gasteiger partial charge on any atom is 0.00978 e. The Hall–Kier alpha value is -0.0400. The third-order valence-corrected chi connectivity index (χ3v) is 4.04. The van der Waals surface area contributed by atoms with Crippen LogP contribution in [-0.2, 0) is 0 Å². The Morgan fingerprint density at radius 1 is 1.00 bits per heavy atom. The lowest BCUT2D eigenvalue weighted by molar-refractivity contribution is 0.127. The average Bonchev–Trinajstić information content (AvgIpc) is 2.19. The Labute approximate surface area is 82.3 Å². The summed E-state index contributed by atoms with van der Waals surface area (Å²) in [6.07, 6.45) is 10.4. The van der Waals surface area contributed by atoms with Crippen LogP contribution in [0.2, 0.25) is 0 Å². The van der Waals surface area contributed by atoms with E-state index in [9.17, 15) is 0 Å². The van der Waals surface area contributed by atoms with Crippen LogP contribution in [-0.4, -0.2) is 12.6 Å². The van der Waals surface area contributed by atoms with Gasteiger partial charge in [-0.3, -0.25) is 0 Å². The Morgan fingerprint density at radius 3 is 2.62 bits per heavy atom. The first-order valence-electron chi connectivity index (χ1n) is 6.15. The largest absolute Gasteiger partial charge is 0.314 e. The summed E-state index contributed by atoms with van der Waals surface area (Å²) >= 11 is 0. The van der Waals surface area contributed by atoms with Crippen LogP contribution in [0.1, 0.15) is 51.9 Å². The molecule has 0 heterocycles. The molecule has 1 nitrogen and oxygen atoms in total. The summed E-state index contributed by atoms with van der Waals surface area (Å²) in [7, 11) is 0. The van der Waals surface area contributed by atoms with E-state index < -0.39 is 0 Å². The van der Waals surface area contributed by atoms with E-state index in [0.29, 0.717) is 0 Å². The highest BCUT2D eigenvalue weighted by Gasteiger charge is 2.33. The molecule has 0 amide bonds. The van der Waals surface area contributed by atoms with Crippen molar-refractivity contribution in [2.75, 3.05) is 6.54 Å². The van der Waals surface area contributed by atoms with Crippen LogP contribution in [0.5, 0.6) is 0 Å². The van der Waals surface area contributed by atoms with Crippen molar-refractivity contribution in [1.29, 1.82) is 0 Å². The van der Waals surface area contributed by atoms with Crippen molar-refractivity contribution in [2.24, 2.45) is 11.8 Å². The average molecular weight is 181 g/mol. The van der Waals surface area contributed by atoms with Gasteiger partial charge in [0, 0.05) is 6.04 Å². The molecule has 0 radical (unpaired) electrons. The molecule has 2 saturated carbocycles. The molecule has 0 aromatic heterocycles. The Bertz CT molecular complexity index is 151. The van der Waals surface area contributed by atoms with Crippen molar-refractivity contribution in [3.8, 4) is 0 Å². The van der Waals surface area contributed by atoms with Gasteiger partial charge in [-0.05, 0) is 31.2 Å². The summed E-state index contributed by atoms with van der Waals surface area (Å²) in [6.45, 7) is 3.40. The fourth-order valence-corrected chi connectivity index (χ4v) is 3.45. The van der Waals surface area contributed by atoms with Crippen molar-refractivity contribution in [3.05, 3.63) is 0 Å². The lowest BCUT2D eigenvalue weighted by atomic mass is 9.68. The van der Waals surface area contributed by atoms with E-state index in [1.807, 2.05) is 0 Å². The Kier molecular flexibility index (Phi) is 3.26. The van der Waals surface area contributed by atoms with Crippen molar-refractivity contribution in [2.45, 2.75) is 57.9 Å². The van der Waals surface area contributed by atoms with E-state index in [0.717, 1.165) is 24.4 Å². The molecule has 76 valence electrons. The zero-order chi connectivity index (χ0) is 9.10. The summed E-state index contributed by atoms with van der Waals surface area (Å²) in [5.74, 6) is 2.11. The summed E-state index contributed by atoms with van der Waals surface area (Å²) in [6, 6.07) is 0.865. The van der Waals surface area contributed by atoms with E-state index >= 15 is 0 Å². The number of hydrogen-bond acceptors (Lipinski definition) is 1. The molecule has 0 bridgehead atoms. The summed E-state index contributed by atoms with van der Waals surface area (Å²) in [5, 5.41) is 3.68. The highest BCUT2D eigenvalue weighted by molar-refractivity contribution is 4.88. The van der Waals surface area contributed by atoms with E-state index in [1.54, 1.807) is 0 Å². The molecule has 13 heavy (non-hydrogen) atoms. The van der Waals surface area contributed by atoms with Gasteiger partial charge in [-0.25, -0.2) is 0 Å². The lowest BCUT2D eigenvalue weighted by Crippen LogP contribution is -2.43. The van der Waals surface area contributed by atoms with Crippen molar-refractivity contribution in [3.63, 3.8) is 0 Å². The van der Waals surface area contributed by atoms with Crippen LogP contribution in [0, 0.1) is 11.8 Å². The maximum absolute atomic E-state index is 3.68. The van der Waals surface area contributed by atoms with Crippen molar-refractivity contribution < 1.29 is 0 Å². The number of nitrogens with one attached hydrogen (secondary N) is 1. The topological polar surface area (TPSA) is 12.0 Å². The third-order valence-electron chi connectivity index (χ3n) is 4.04. The first-order valence-corrected chi connectivity index (χ1v) is 6.15. The van der Waals surface area contributed by atoms with Gasteiger partial charge in [0.15, 0.2) is 0 Å². The third kappa shape index (κ3) is 2.07. The molecule has 0 aliphatic heterocycles. The minimum atomic E-state index is 0.865. The van der Waals surface area contributed by atoms with Gasteiger partial charge in [0.25, 0.3) is 0 Å². The fraction of sp³-hybridized carbons (Fsp3) is 1.00. The molecule has 3 unspecified atom stereocenters. The molecule has 0 spiro atoms. The highest BCUT2D eigenvalue weighted by atomic mass is 14.9. The van der Waals surface area contributed by atoms with Crippen LogP contribution in [0.15, 0.2) is 0 Å². The van der Waals surface area contributed by atoms with Crippen LogP contribution in [0.3, 0.4) is 0 Å². The van der Waals surface area contributed by atoms with Gasteiger partial charge in [-0.15, -0.1) is 0 Å². The van der Waals surface area contributed by atoms with Crippen molar-refractivity contribution in [1.82, 2.24) is 5.32 Å². The van der Waals surface area contributed by atoms with Crippen LogP contribution in [0.25, 0.3) is 0 Å². The first-order chi connectivity index (χ1) is 6.42. The highest BCUT2D eigenvalue weighted by Crippen LogP contribution is 2.40. The van der Waals surface area contributed by atoms with E-state index in [-0.39, 0.29) is 0 Å². The maximum atomic E-state index is 3.68. The molecule has 0 aromatic carbocycles.